The molecule has 0 spiro atoms. The third kappa shape index (κ3) is 3.15. The van der Waals surface area contributed by atoms with Crippen molar-refractivity contribution >= 4 is 0 Å². The summed E-state index contributed by atoms with van der Waals surface area (Å²) in [7, 11) is 0. The fraction of sp³-hybridized carbons (Fsp3) is 0.857. The molecule has 0 nitrogen and oxygen atoms in total. The van der Waals surface area contributed by atoms with Crippen molar-refractivity contribution in [3.05, 3.63) is 12.2 Å². The maximum Gasteiger partial charge on any atom is -0.0323 e. The molecule has 14 heavy (non-hydrogen) atoms. The molecular formula is C14H26. The van der Waals surface area contributed by atoms with E-state index in [9.17, 15) is 0 Å². The van der Waals surface area contributed by atoms with E-state index in [1.165, 1.54) is 32.1 Å². The second-order valence-electron chi connectivity index (χ2n) is 5.68. The van der Waals surface area contributed by atoms with Crippen LogP contribution in [0.25, 0.3) is 0 Å². The first-order valence-electron chi connectivity index (χ1n) is 6.21. The van der Waals surface area contributed by atoms with E-state index >= 15 is 0 Å². The number of allylic oxidation sites excluding steroid dienone is 2. The van der Waals surface area contributed by atoms with E-state index in [4.69, 9.17) is 0 Å². The molecule has 1 aliphatic carbocycles. The topological polar surface area (TPSA) is 0 Å². The fourth-order valence-corrected chi connectivity index (χ4v) is 2.48. The van der Waals surface area contributed by atoms with Crippen LogP contribution in [0.15, 0.2) is 12.2 Å². The fourth-order valence-electron chi connectivity index (χ4n) is 2.48. The summed E-state index contributed by atoms with van der Waals surface area (Å²) in [5, 5.41) is 0. The van der Waals surface area contributed by atoms with Crippen LogP contribution >= 0.6 is 0 Å². The molecule has 0 aromatic rings. The van der Waals surface area contributed by atoms with Gasteiger partial charge in [-0.2, -0.15) is 0 Å². The molecule has 0 atom stereocenters. The summed E-state index contributed by atoms with van der Waals surface area (Å²) in [5.74, 6) is 1.98. The monoisotopic (exact) mass is 194 g/mol. The molecule has 1 rings (SSSR count). The molecule has 0 aromatic heterocycles. The van der Waals surface area contributed by atoms with E-state index in [-0.39, 0.29) is 0 Å². The van der Waals surface area contributed by atoms with Gasteiger partial charge in [-0.15, -0.1) is 0 Å². The Hall–Kier alpha value is -0.260. The lowest BCUT2D eigenvalue weighted by Gasteiger charge is -2.44. The van der Waals surface area contributed by atoms with Crippen molar-refractivity contribution in [3.8, 4) is 0 Å². The lowest BCUT2D eigenvalue weighted by molar-refractivity contribution is 0.0650. The Morgan fingerprint density at radius 1 is 1.21 bits per heavy atom. The summed E-state index contributed by atoms with van der Waals surface area (Å²) in [6.07, 6.45) is 11.4. The first-order valence-corrected chi connectivity index (χ1v) is 6.21. The Labute approximate surface area is 89.8 Å². The molecular weight excluding hydrogens is 168 g/mol. The van der Waals surface area contributed by atoms with Crippen LogP contribution in [0.5, 0.6) is 0 Å². The van der Waals surface area contributed by atoms with Crippen molar-refractivity contribution in [2.45, 2.75) is 59.8 Å². The molecule has 0 N–H and O–H groups in total. The zero-order chi connectivity index (χ0) is 10.6. The Morgan fingerprint density at radius 3 is 2.36 bits per heavy atom. The minimum atomic E-state index is 0.574. The highest BCUT2D eigenvalue weighted by molar-refractivity contribution is 4.90. The molecule has 1 fully saturated rings. The first-order chi connectivity index (χ1) is 6.56. The number of hydrogen-bond acceptors (Lipinski definition) is 0. The van der Waals surface area contributed by atoms with Crippen LogP contribution in [0.4, 0.5) is 0 Å². The number of rotatable bonds is 5. The van der Waals surface area contributed by atoms with Gasteiger partial charge in [0.25, 0.3) is 0 Å². The summed E-state index contributed by atoms with van der Waals surface area (Å²) in [6, 6.07) is 0. The summed E-state index contributed by atoms with van der Waals surface area (Å²) < 4.78 is 0. The minimum absolute atomic E-state index is 0.574. The standard InChI is InChI=1S/C14H26/c1-5-6-7-8-9-14(3,4)13-10-12(2)11-13/h6-7,12-13H,5,8-11H2,1-4H3. The highest BCUT2D eigenvalue weighted by Gasteiger charge is 2.36. The molecule has 0 heteroatoms. The van der Waals surface area contributed by atoms with Gasteiger partial charge < -0.3 is 0 Å². The molecule has 0 aliphatic heterocycles. The van der Waals surface area contributed by atoms with Crippen molar-refractivity contribution in [1.82, 2.24) is 0 Å². The van der Waals surface area contributed by atoms with E-state index in [0.717, 1.165) is 11.8 Å². The van der Waals surface area contributed by atoms with E-state index in [1.807, 2.05) is 0 Å². The lowest BCUT2D eigenvalue weighted by atomic mass is 9.61. The molecule has 1 aliphatic rings. The van der Waals surface area contributed by atoms with E-state index in [0.29, 0.717) is 5.41 Å². The van der Waals surface area contributed by atoms with Gasteiger partial charge >= 0.3 is 0 Å². The molecule has 0 saturated heterocycles. The van der Waals surface area contributed by atoms with Crippen LogP contribution in [0.1, 0.15) is 59.8 Å². The second-order valence-corrected chi connectivity index (χ2v) is 5.68. The van der Waals surface area contributed by atoms with Gasteiger partial charge in [0.15, 0.2) is 0 Å². The Morgan fingerprint density at radius 2 is 1.86 bits per heavy atom. The van der Waals surface area contributed by atoms with Crippen LogP contribution in [0, 0.1) is 17.3 Å². The molecule has 1 saturated carbocycles. The average Bonchev–Trinajstić information content (AvgIpc) is 2.07. The molecule has 0 amide bonds. The highest BCUT2D eigenvalue weighted by atomic mass is 14.4. The zero-order valence-electron chi connectivity index (χ0n) is 10.3. The van der Waals surface area contributed by atoms with Crippen LogP contribution in [-0.2, 0) is 0 Å². The quantitative estimate of drug-likeness (QED) is 0.551. The third-order valence-electron chi connectivity index (χ3n) is 3.84. The van der Waals surface area contributed by atoms with Gasteiger partial charge in [0, 0.05) is 0 Å². The molecule has 0 radical (unpaired) electrons. The van der Waals surface area contributed by atoms with Crippen molar-refractivity contribution in [2.75, 3.05) is 0 Å². The smallest absolute Gasteiger partial charge is 0.0323 e. The van der Waals surface area contributed by atoms with Gasteiger partial charge in [0.05, 0.1) is 0 Å². The summed E-state index contributed by atoms with van der Waals surface area (Å²) in [4.78, 5) is 0. The maximum absolute atomic E-state index is 2.45. The Balaban J connectivity index is 2.24. The summed E-state index contributed by atoms with van der Waals surface area (Å²) in [5.41, 5.74) is 0.574. The van der Waals surface area contributed by atoms with Crippen LogP contribution in [0.2, 0.25) is 0 Å². The normalized spacial score (nSPS) is 28.0. The predicted octanol–water partition coefficient (Wildman–Crippen LogP) is 4.81. The van der Waals surface area contributed by atoms with Crippen molar-refractivity contribution in [2.24, 2.45) is 17.3 Å². The van der Waals surface area contributed by atoms with Gasteiger partial charge in [0.1, 0.15) is 0 Å². The van der Waals surface area contributed by atoms with Gasteiger partial charge in [-0.25, -0.2) is 0 Å². The van der Waals surface area contributed by atoms with E-state index in [1.54, 1.807) is 0 Å². The SMILES string of the molecule is CCC=CCCC(C)(C)C1CC(C)C1. The maximum atomic E-state index is 2.45. The van der Waals surface area contributed by atoms with Crippen molar-refractivity contribution in [1.29, 1.82) is 0 Å². The molecule has 0 unspecified atom stereocenters. The van der Waals surface area contributed by atoms with Gasteiger partial charge in [-0.3, -0.25) is 0 Å². The van der Waals surface area contributed by atoms with Gasteiger partial charge in [-0.05, 0) is 49.4 Å². The Kier molecular flexibility index (Phi) is 4.22. The van der Waals surface area contributed by atoms with Crippen molar-refractivity contribution in [3.63, 3.8) is 0 Å². The highest BCUT2D eigenvalue weighted by Crippen LogP contribution is 2.47. The minimum Gasteiger partial charge on any atom is -0.0888 e. The molecule has 0 heterocycles. The third-order valence-corrected chi connectivity index (χ3v) is 3.84. The lowest BCUT2D eigenvalue weighted by Crippen LogP contribution is -2.34. The van der Waals surface area contributed by atoms with Crippen LogP contribution < -0.4 is 0 Å². The summed E-state index contributed by atoms with van der Waals surface area (Å²) >= 11 is 0. The van der Waals surface area contributed by atoms with Crippen molar-refractivity contribution < 1.29 is 0 Å². The molecule has 82 valence electrons. The van der Waals surface area contributed by atoms with E-state index < -0.39 is 0 Å². The first kappa shape index (κ1) is 11.8. The zero-order valence-corrected chi connectivity index (χ0v) is 10.3. The largest absolute Gasteiger partial charge is 0.0888 e. The van der Waals surface area contributed by atoms with Gasteiger partial charge in [-0.1, -0.05) is 39.8 Å². The number of hydrogen-bond donors (Lipinski definition) is 0. The van der Waals surface area contributed by atoms with Crippen LogP contribution in [-0.4, -0.2) is 0 Å². The van der Waals surface area contributed by atoms with E-state index in [2.05, 4.69) is 39.8 Å². The van der Waals surface area contributed by atoms with Crippen LogP contribution in [0.3, 0.4) is 0 Å². The molecule has 0 aromatic carbocycles. The Bertz CT molecular complexity index is 182. The summed E-state index contributed by atoms with van der Waals surface area (Å²) in [6.45, 7) is 9.48. The average molecular weight is 194 g/mol. The second kappa shape index (κ2) is 5.00. The predicted molar refractivity (Wildman–Crippen MR) is 64.3 cm³/mol. The molecule has 0 bridgehead atoms. The van der Waals surface area contributed by atoms with Gasteiger partial charge in [0.2, 0.25) is 0 Å².